The zero-order valence-corrected chi connectivity index (χ0v) is 13.3. The summed E-state index contributed by atoms with van der Waals surface area (Å²) < 4.78 is 22.8. The van der Waals surface area contributed by atoms with Gasteiger partial charge >= 0.3 is 5.97 Å². The van der Waals surface area contributed by atoms with Gasteiger partial charge in [0.05, 0.1) is 7.11 Å². The van der Waals surface area contributed by atoms with Crippen LogP contribution in [0.3, 0.4) is 0 Å². The SMILES string of the molecule is COc1ccccc1C(=O)OCC(=O)NCCc1ccc(F)cc1. The first kappa shape index (κ1) is 17.5. The van der Waals surface area contributed by atoms with E-state index in [0.29, 0.717) is 18.7 Å². The molecule has 2 aromatic rings. The van der Waals surface area contributed by atoms with Crippen molar-refractivity contribution in [2.24, 2.45) is 0 Å². The predicted molar refractivity (Wildman–Crippen MR) is 86.4 cm³/mol. The molecule has 0 aromatic heterocycles. The fourth-order valence-electron chi connectivity index (χ4n) is 2.07. The summed E-state index contributed by atoms with van der Waals surface area (Å²) in [6.07, 6.45) is 0.562. The molecule has 24 heavy (non-hydrogen) atoms. The van der Waals surface area contributed by atoms with Gasteiger partial charge in [-0.2, -0.15) is 0 Å². The van der Waals surface area contributed by atoms with E-state index in [0.717, 1.165) is 5.56 Å². The molecule has 0 aliphatic heterocycles. The molecule has 0 fully saturated rings. The smallest absolute Gasteiger partial charge is 0.342 e. The van der Waals surface area contributed by atoms with Crippen LogP contribution in [0, 0.1) is 5.82 Å². The Labute approximate surface area is 139 Å². The van der Waals surface area contributed by atoms with Gasteiger partial charge in [0.1, 0.15) is 17.1 Å². The molecule has 0 spiro atoms. The molecule has 0 aliphatic carbocycles. The number of nitrogens with one attached hydrogen (secondary N) is 1. The first-order valence-electron chi connectivity index (χ1n) is 7.41. The number of benzene rings is 2. The number of hydrogen-bond acceptors (Lipinski definition) is 4. The highest BCUT2D eigenvalue weighted by atomic mass is 19.1. The molecule has 2 rings (SSSR count). The number of esters is 1. The van der Waals surface area contributed by atoms with E-state index in [1.165, 1.54) is 19.2 Å². The lowest BCUT2D eigenvalue weighted by atomic mass is 10.1. The minimum Gasteiger partial charge on any atom is -0.496 e. The molecule has 0 unspecified atom stereocenters. The molecule has 0 saturated carbocycles. The minimum atomic E-state index is -0.624. The van der Waals surface area contributed by atoms with E-state index in [1.807, 2.05) is 0 Å². The van der Waals surface area contributed by atoms with Crippen LogP contribution in [0.5, 0.6) is 5.75 Å². The van der Waals surface area contributed by atoms with Crippen LogP contribution >= 0.6 is 0 Å². The topological polar surface area (TPSA) is 64.6 Å². The van der Waals surface area contributed by atoms with Crippen molar-refractivity contribution >= 4 is 11.9 Å². The molecule has 0 aliphatic rings. The molecule has 0 saturated heterocycles. The van der Waals surface area contributed by atoms with Gasteiger partial charge in [-0.25, -0.2) is 9.18 Å². The first-order valence-corrected chi connectivity index (χ1v) is 7.41. The lowest BCUT2D eigenvalue weighted by Gasteiger charge is -2.09. The summed E-state index contributed by atoms with van der Waals surface area (Å²) in [4.78, 5) is 23.6. The lowest BCUT2D eigenvalue weighted by Crippen LogP contribution is -2.30. The van der Waals surface area contributed by atoms with Crippen molar-refractivity contribution in [1.29, 1.82) is 0 Å². The average Bonchev–Trinajstić information content (AvgIpc) is 2.61. The summed E-state index contributed by atoms with van der Waals surface area (Å²) in [6.45, 7) is -0.00300. The van der Waals surface area contributed by atoms with Crippen LogP contribution in [0.25, 0.3) is 0 Å². The number of rotatable bonds is 7. The molecular formula is C18H18FNO4. The Morgan fingerprint density at radius 1 is 1.08 bits per heavy atom. The van der Waals surface area contributed by atoms with Crippen molar-refractivity contribution in [3.63, 3.8) is 0 Å². The Kier molecular flexibility index (Phi) is 6.31. The molecular weight excluding hydrogens is 313 g/mol. The van der Waals surface area contributed by atoms with Gasteiger partial charge in [-0.15, -0.1) is 0 Å². The molecule has 0 bridgehead atoms. The summed E-state index contributed by atoms with van der Waals surface area (Å²) in [5, 5.41) is 2.64. The summed E-state index contributed by atoms with van der Waals surface area (Å²) in [5.41, 5.74) is 1.17. The minimum absolute atomic E-state index is 0.263. The third-order valence-electron chi connectivity index (χ3n) is 3.31. The van der Waals surface area contributed by atoms with E-state index in [1.54, 1.807) is 36.4 Å². The summed E-state index contributed by atoms with van der Waals surface area (Å²) in [6, 6.07) is 12.7. The number of methoxy groups -OCH3 is 1. The fraction of sp³-hybridized carbons (Fsp3) is 0.222. The highest BCUT2D eigenvalue weighted by molar-refractivity contribution is 5.93. The number of hydrogen-bond donors (Lipinski definition) is 1. The van der Waals surface area contributed by atoms with Crippen LogP contribution < -0.4 is 10.1 Å². The second kappa shape index (κ2) is 8.67. The van der Waals surface area contributed by atoms with E-state index >= 15 is 0 Å². The molecule has 6 heteroatoms. The Morgan fingerprint density at radius 3 is 2.50 bits per heavy atom. The van der Waals surface area contributed by atoms with Gasteiger partial charge in [-0.3, -0.25) is 4.79 Å². The van der Waals surface area contributed by atoms with Crippen LogP contribution in [-0.2, 0) is 16.0 Å². The van der Waals surface area contributed by atoms with Gasteiger partial charge in [0.2, 0.25) is 0 Å². The van der Waals surface area contributed by atoms with Crippen molar-refractivity contribution in [2.45, 2.75) is 6.42 Å². The van der Waals surface area contributed by atoms with Gasteiger partial charge in [0, 0.05) is 6.54 Å². The quantitative estimate of drug-likeness (QED) is 0.791. The molecule has 0 radical (unpaired) electrons. The summed E-state index contributed by atoms with van der Waals surface area (Å²) in [7, 11) is 1.45. The van der Waals surface area contributed by atoms with Crippen molar-refractivity contribution in [2.75, 3.05) is 20.3 Å². The average molecular weight is 331 g/mol. The highest BCUT2D eigenvalue weighted by Gasteiger charge is 2.14. The Hall–Kier alpha value is -2.89. The number of carbonyl (C=O) groups is 2. The Morgan fingerprint density at radius 2 is 1.79 bits per heavy atom. The normalized spacial score (nSPS) is 10.1. The van der Waals surface area contributed by atoms with Gasteiger partial charge in [-0.1, -0.05) is 24.3 Å². The predicted octanol–water partition coefficient (Wildman–Crippen LogP) is 2.35. The largest absolute Gasteiger partial charge is 0.496 e. The molecule has 1 amide bonds. The van der Waals surface area contributed by atoms with Crippen LogP contribution in [0.1, 0.15) is 15.9 Å². The summed E-state index contributed by atoms with van der Waals surface area (Å²) in [5.74, 6) is -0.938. The van der Waals surface area contributed by atoms with E-state index in [4.69, 9.17) is 9.47 Å². The second-order valence-electron chi connectivity index (χ2n) is 5.00. The Bertz CT molecular complexity index is 700. The maximum Gasteiger partial charge on any atom is 0.342 e. The third kappa shape index (κ3) is 5.08. The monoisotopic (exact) mass is 331 g/mol. The van der Waals surface area contributed by atoms with E-state index in [9.17, 15) is 14.0 Å². The lowest BCUT2D eigenvalue weighted by molar-refractivity contribution is -0.124. The molecule has 5 nitrogen and oxygen atoms in total. The van der Waals surface area contributed by atoms with Crippen molar-refractivity contribution < 1.29 is 23.5 Å². The van der Waals surface area contributed by atoms with Gasteiger partial charge in [0.15, 0.2) is 6.61 Å². The number of para-hydroxylation sites is 1. The van der Waals surface area contributed by atoms with Crippen molar-refractivity contribution in [3.05, 3.63) is 65.5 Å². The summed E-state index contributed by atoms with van der Waals surface area (Å²) >= 11 is 0. The maximum absolute atomic E-state index is 12.8. The molecule has 0 atom stereocenters. The van der Waals surface area contributed by atoms with Crippen LogP contribution in [0.4, 0.5) is 4.39 Å². The van der Waals surface area contributed by atoms with Gasteiger partial charge < -0.3 is 14.8 Å². The molecule has 2 aromatic carbocycles. The molecule has 0 heterocycles. The molecule has 1 N–H and O–H groups in total. The van der Waals surface area contributed by atoms with E-state index in [2.05, 4.69) is 5.32 Å². The van der Waals surface area contributed by atoms with E-state index < -0.39 is 11.9 Å². The Balaban J connectivity index is 1.74. The van der Waals surface area contributed by atoms with Crippen LogP contribution in [0.2, 0.25) is 0 Å². The maximum atomic E-state index is 12.8. The number of carbonyl (C=O) groups excluding carboxylic acids is 2. The van der Waals surface area contributed by atoms with Crippen LogP contribution in [-0.4, -0.2) is 32.1 Å². The number of ether oxygens (including phenoxy) is 2. The van der Waals surface area contributed by atoms with Gasteiger partial charge in [-0.05, 0) is 36.2 Å². The third-order valence-corrected chi connectivity index (χ3v) is 3.31. The zero-order chi connectivity index (χ0) is 17.4. The van der Waals surface area contributed by atoms with Crippen molar-refractivity contribution in [3.8, 4) is 5.75 Å². The fourth-order valence-corrected chi connectivity index (χ4v) is 2.07. The standard InChI is InChI=1S/C18H18FNO4/c1-23-16-5-3-2-4-15(16)18(22)24-12-17(21)20-11-10-13-6-8-14(19)9-7-13/h2-9H,10-12H2,1H3,(H,20,21). The number of halogens is 1. The van der Waals surface area contributed by atoms with Crippen molar-refractivity contribution in [1.82, 2.24) is 5.32 Å². The highest BCUT2D eigenvalue weighted by Crippen LogP contribution is 2.17. The second-order valence-corrected chi connectivity index (χ2v) is 5.00. The van der Waals surface area contributed by atoms with Gasteiger partial charge in [0.25, 0.3) is 5.91 Å². The number of amides is 1. The first-order chi connectivity index (χ1) is 11.6. The molecule has 126 valence electrons. The van der Waals surface area contributed by atoms with E-state index in [-0.39, 0.29) is 18.0 Å². The zero-order valence-electron chi connectivity index (χ0n) is 13.3. The van der Waals surface area contributed by atoms with Crippen LogP contribution in [0.15, 0.2) is 48.5 Å².